The van der Waals surface area contributed by atoms with Gasteiger partial charge in [-0.3, -0.25) is 9.88 Å². The van der Waals surface area contributed by atoms with E-state index < -0.39 is 17.7 Å². The third kappa shape index (κ3) is 5.43. The second kappa shape index (κ2) is 12.8. The van der Waals surface area contributed by atoms with Crippen LogP contribution in [0.5, 0.6) is 5.75 Å². The molecule has 2 bridgehead atoms. The molecule has 1 aromatic heterocycles. The van der Waals surface area contributed by atoms with Crippen LogP contribution in [-0.2, 0) is 10.3 Å². The Kier molecular flexibility index (Phi) is 8.29. The average Bonchev–Trinajstić information content (AvgIpc) is 3.13. The van der Waals surface area contributed by atoms with Crippen LogP contribution >= 0.6 is 0 Å². The molecule has 3 fully saturated rings. The highest BCUT2D eigenvalue weighted by molar-refractivity contribution is 5.84. The van der Waals surface area contributed by atoms with Gasteiger partial charge in [-0.1, -0.05) is 97.1 Å². The van der Waals surface area contributed by atoms with Crippen LogP contribution in [0.3, 0.4) is 0 Å². The minimum Gasteiger partial charge on any atom is -0.497 e. The molecule has 1 N–H and O–H groups in total. The summed E-state index contributed by atoms with van der Waals surface area (Å²) in [5.41, 5.74) is 3.59. The summed E-state index contributed by atoms with van der Waals surface area (Å²) in [6, 6.07) is 38.2. The molecule has 0 aliphatic carbocycles. The van der Waals surface area contributed by atoms with Crippen molar-refractivity contribution >= 4 is 17.0 Å². The zero-order chi connectivity index (χ0) is 31.5. The van der Waals surface area contributed by atoms with E-state index in [1.54, 1.807) is 7.11 Å². The summed E-state index contributed by atoms with van der Waals surface area (Å²) in [5, 5.41) is 4.34. The third-order valence-corrected chi connectivity index (χ3v) is 9.94. The van der Waals surface area contributed by atoms with Crippen LogP contribution in [-0.4, -0.2) is 42.2 Å². The number of aromatic nitrogens is 1. The van der Waals surface area contributed by atoms with Gasteiger partial charge in [0.25, 0.3) is 0 Å². The predicted molar refractivity (Wildman–Crippen MR) is 182 cm³/mol. The van der Waals surface area contributed by atoms with Crippen LogP contribution in [0.25, 0.3) is 10.9 Å². The molecule has 0 radical (unpaired) electrons. The maximum Gasteiger partial charge on any atom is 0.409 e. The number of amides is 1. The van der Waals surface area contributed by atoms with Crippen molar-refractivity contribution < 1.29 is 14.3 Å². The number of nitrogens with one attached hydrogen (secondary N) is 1. The summed E-state index contributed by atoms with van der Waals surface area (Å²) in [4.78, 5) is 21.7. The number of alkyl carbamates (subject to hydrolysis) is 1. The first-order valence-corrected chi connectivity index (χ1v) is 16.1. The SMILES string of the molecule is C=CC1CN2CCC1CC2[C@H](OC(=O)NC(c1ccccc1)(c1ccccc1)c1ccccc1)c1ccnc2ccc(OC)cc12. The molecule has 4 unspecified atom stereocenters. The van der Waals surface area contributed by atoms with Gasteiger partial charge < -0.3 is 14.8 Å². The second-order valence-electron chi connectivity index (χ2n) is 12.3. The topological polar surface area (TPSA) is 63.7 Å². The largest absolute Gasteiger partial charge is 0.497 e. The van der Waals surface area contributed by atoms with Gasteiger partial charge in [-0.05, 0) is 72.2 Å². The van der Waals surface area contributed by atoms with E-state index in [0.717, 1.165) is 64.8 Å². The summed E-state index contributed by atoms with van der Waals surface area (Å²) in [5.74, 6) is 1.68. The summed E-state index contributed by atoms with van der Waals surface area (Å²) >= 11 is 0. The van der Waals surface area contributed by atoms with E-state index in [4.69, 9.17) is 9.47 Å². The Hall–Kier alpha value is -4.94. The fourth-order valence-corrected chi connectivity index (χ4v) is 7.64. The minimum atomic E-state index is -0.991. The first-order valence-electron chi connectivity index (χ1n) is 16.1. The van der Waals surface area contributed by atoms with E-state index in [-0.39, 0.29) is 6.04 Å². The molecule has 0 spiro atoms. The molecule has 6 nitrogen and oxygen atoms in total. The van der Waals surface area contributed by atoms with Gasteiger partial charge in [0.05, 0.1) is 18.7 Å². The summed E-state index contributed by atoms with van der Waals surface area (Å²) in [7, 11) is 1.66. The van der Waals surface area contributed by atoms with Gasteiger partial charge in [-0.15, -0.1) is 6.58 Å². The number of piperidine rings is 3. The molecule has 46 heavy (non-hydrogen) atoms. The van der Waals surface area contributed by atoms with Gasteiger partial charge in [-0.25, -0.2) is 4.79 Å². The number of rotatable bonds is 9. The molecule has 3 aliphatic rings. The Balaban J connectivity index is 1.33. The maximum atomic E-state index is 14.6. The van der Waals surface area contributed by atoms with Gasteiger partial charge in [0, 0.05) is 23.7 Å². The number of hydrogen-bond donors (Lipinski definition) is 1. The van der Waals surface area contributed by atoms with Gasteiger partial charge in [0.1, 0.15) is 17.4 Å². The predicted octanol–water partition coefficient (Wildman–Crippen LogP) is 7.90. The molecule has 3 saturated heterocycles. The monoisotopic (exact) mass is 609 g/mol. The first kappa shape index (κ1) is 29.8. The quantitative estimate of drug-likeness (QED) is 0.136. The lowest BCUT2D eigenvalue weighted by Gasteiger charge is -2.51. The van der Waals surface area contributed by atoms with E-state index in [0.29, 0.717) is 11.8 Å². The highest BCUT2D eigenvalue weighted by Crippen LogP contribution is 2.44. The van der Waals surface area contributed by atoms with Crippen molar-refractivity contribution in [3.63, 3.8) is 0 Å². The highest BCUT2D eigenvalue weighted by atomic mass is 16.6. The number of pyridine rings is 1. The number of ether oxygens (including phenoxy) is 2. The van der Waals surface area contributed by atoms with Crippen LogP contribution in [0, 0.1) is 11.8 Å². The number of nitrogens with zero attached hydrogens (tertiary/aromatic N) is 2. The average molecular weight is 610 g/mol. The Labute approximate surface area is 270 Å². The smallest absolute Gasteiger partial charge is 0.409 e. The summed E-state index contributed by atoms with van der Waals surface area (Å²) in [6.45, 7) is 6.00. The zero-order valence-electron chi connectivity index (χ0n) is 26.1. The van der Waals surface area contributed by atoms with Crippen LogP contribution in [0.4, 0.5) is 4.79 Å². The Bertz CT molecular complexity index is 1720. The molecule has 8 rings (SSSR count). The number of fused-ring (bicyclic) bond motifs is 4. The molecule has 6 heteroatoms. The molecular weight excluding hydrogens is 570 g/mol. The maximum absolute atomic E-state index is 14.6. The molecule has 0 saturated carbocycles. The van der Waals surface area contributed by atoms with E-state index in [2.05, 4.69) is 64.3 Å². The normalized spacial score (nSPS) is 21.3. The van der Waals surface area contributed by atoms with Crippen molar-refractivity contribution in [2.45, 2.75) is 30.5 Å². The fraction of sp³-hybridized carbons (Fsp3) is 0.250. The number of hydrogen-bond acceptors (Lipinski definition) is 5. The molecule has 4 aromatic carbocycles. The van der Waals surface area contributed by atoms with Gasteiger partial charge in [0.15, 0.2) is 0 Å². The molecule has 5 atom stereocenters. The Morgan fingerprint density at radius 3 is 2.11 bits per heavy atom. The molecule has 232 valence electrons. The fourth-order valence-electron chi connectivity index (χ4n) is 7.64. The van der Waals surface area contributed by atoms with Gasteiger partial charge >= 0.3 is 6.09 Å². The molecule has 1 amide bonds. The van der Waals surface area contributed by atoms with Gasteiger partial charge in [0.2, 0.25) is 0 Å². The molecular formula is C40H39N3O3. The van der Waals surface area contributed by atoms with Crippen LogP contribution in [0.15, 0.2) is 134 Å². The molecule has 3 aliphatic heterocycles. The summed E-state index contributed by atoms with van der Waals surface area (Å²) < 4.78 is 12.3. The molecule has 4 heterocycles. The van der Waals surface area contributed by atoms with E-state index in [1.807, 2.05) is 85.1 Å². The Morgan fingerprint density at radius 1 is 0.935 bits per heavy atom. The van der Waals surface area contributed by atoms with Crippen molar-refractivity contribution in [1.82, 2.24) is 15.2 Å². The number of benzene rings is 4. The van der Waals surface area contributed by atoms with E-state index in [1.165, 1.54) is 0 Å². The summed E-state index contributed by atoms with van der Waals surface area (Å²) in [6.07, 6.45) is 4.92. The lowest BCUT2D eigenvalue weighted by molar-refractivity contribution is -0.0505. The van der Waals surface area contributed by atoms with Crippen LogP contribution in [0.1, 0.15) is 41.2 Å². The van der Waals surface area contributed by atoms with Crippen molar-refractivity contribution in [2.24, 2.45) is 11.8 Å². The van der Waals surface area contributed by atoms with Crippen molar-refractivity contribution in [3.8, 4) is 5.75 Å². The van der Waals surface area contributed by atoms with Gasteiger partial charge in [-0.2, -0.15) is 0 Å². The number of carbonyl (C=O) groups excluding carboxylic acids is 1. The zero-order valence-corrected chi connectivity index (χ0v) is 26.1. The Morgan fingerprint density at radius 2 is 1.57 bits per heavy atom. The van der Waals surface area contributed by atoms with Crippen molar-refractivity contribution in [3.05, 3.63) is 156 Å². The third-order valence-electron chi connectivity index (χ3n) is 9.94. The van der Waals surface area contributed by atoms with Crippen molar-refractivity contribution in [2.75, 3.05) is 20.2 Å². The van der Waals surface area contributed by atoms with Crippen molar-refractivity contribution in [1.29, 1.82) is 0 Å². The standard InChI is InChI=1S/C40H39N3O3/c1-3-28-27-43-24-22-29(28)25-37(43)38(34-21-23-41-36-20-19-33(45-2)26-35(34)36)46-39(44)42-40(30-13-7-4-8-14-30,31-15-9-5-10-16-31)32-17-11-6-12-18-32/h3-21,23,26,28-29,37-38H,1,22,24-25,27H2,2H3,(H,42,44)/t28?,29?,37?,38-/m1/s1. The second-order valence-corrected chi connectivity index (χ2v) is 12.3. The number of methoxy groups -OCH3 is 1. The van der Waals surface area contributed by atoms with Crippen LogP contribution in [0.2, 0.25) is 0 Å². The van der Waals surface area contributed by atoms with E-state index >= 15 is 0 Å². The highest BCUT2D eigenvalue weighted by Gasteiger charge is 2.45. The number of carbonyl (C=O) groups is 1. The lowest BCUT2D eigenvalue weighted by atomic mass is 9.73. The van der Waals surface area contributed by atoms with E-state index in [9.17, 15) is 4.79 Å². The first-order chi connectivity index (χ1) is 22.6. The molecule has 5 aromatic rings. The lowest BCUT2D eigenvalue weighted by Crippen LogP contribution is -2.56. The van der Waals surface area contributed by atoms with Crippen LogP contribution < -0.4 is 10.1 Å². The minimum absolute atomic E-state index is 0.0112.